The van der Waals surface area contributed by atoms with Gasteiger partial charge in [-0.05, 0) is 54.4 Å². The summed E-state index contributed by atoms with van der Waals surface area (Å²) < 4.78 is 43.8. The van der Waals surface area contributed by atoms with Gasteiger partial charge in [-0.25, -0.2) is 13.1 Å². The fourth-order valence-corrected chi connectivity index (χ4v) is 4.26. The summed E-state index contributed by atoms with van der Waals surface area (Å²) in [6.07, 6.45) is 0.00562. The zero-order valence-electron chi connectivity index (χ0n) is 19.8. The lowest BCUT2D eigenvalue weighted by Gasteiger charge is -2.13. The smallest absolute Gasteiger partial charge is 0.240 e. The third kappa shape index (κ3) is 8.01. The van der Waals surface area contributed by atoms with Crippen LogP contribution in [0.25, 0.3) is 0 Å². The largest absolute Gasteiger partial charge is 0.494 e. The molecular weight excluding hydrogens is 468 g/mol. The Morgan fingerprint density at radius 3 is 2.31 bits per heavy atom. The summed E-state index contributed by atoms with van der Waals surface area (Å²) in [7, 11) is -2.15. The molecule has 0 bridgehead atoms. The van der Waals surface area contributed by atoms with Crippen LogP contribution in [0.3, 0.4) is 0 Å². The highest BCUT2D eigenvalue weighted by Crippen LogP contribution is 2.29. The van der Waals surface area contributed by atoms with Gasteiger partial charge in [-0.15, -0.1) is 0 Å². The Bertz CT molecular complexity index is 1200. The highest BCUT2D eigenvalue weighted by molar-refractivity contribution is 7.89. The van der Waals surface area contributed by atoms with Gasteiger partial charge in [0.05, 0.1) is 18.6 Å². The fraction of sp³-hybridized carbons (Fsp3) is 0.269. The van der Waals surface area contributed by atoms with E-state index in [2.05, 4.69) is 10.0 Å². The molecule has 0 spiro atoms. The molecule has 0 aromatic heterocycles. The normalized spacial score (nSPS) is 11.0. The van der Waals surface area contributed by atoms with Crippen molar-refractivity contribution in [2.24, 2.45) is 0 Å². The third-order valence-corrected chi connectivity index (χ3v) is 6.52. The van der Waals surface area contributed by atoms with Crippen LogP contribution >= 0.6 is 0 Å². The van der Waals surface area contributed by atoms with Crippen LogP contribution in [-0.2, 0) is 28.0 Å². The zero-order chi connectivity index (χ0) is 25.1. The van der Waals surface area contributed by atoms with Crippen LogP contribution < -0.4 is 24.2 Å². The summed E-state index contributed by atoms with van der Waals surface area (Å²) in [6, 6.07) is 21.4. The van der Waals surface area contributed by atoms with E-state index >= 15 is 0 Å². The molecule has 186 valence electrons. The maximum Gasteiger partial charge on any atom is 0.240 e. The van der Waals surface area contributed by atoms with Crippen molar-refractivity contribution in [2.45, 2.75) is 31.4 Å². The summed E-state index contributed by atoms with van der Waals surface area (Å²) in [6.45, 7) is 3.03. The van der Waals surface area contributed by atoms with Crippen molar-refractivity contribution in [3.63, 3.8) is 0 Å². The minimum Gasteiger partial charge on any atom is -0.494 e. The lowest BCUT2D eigenvalue weighted by Crippen LogP contribution is -2.30. The molecule has 0 saturated heterocycles. The molecule has 3 rings (SSSR count). The minimum absolute atomic E-state index is 0.00562. The molecule has 0 aliphatic heterocycles. The van der Waals surface area contributed by atoms with E-state index in [-0.39, 0.29) is 30.3 Å². The Kier molecular flexibility index (Phi) is 9.51. The number of carbonyl (C=O) groups excluding carboxylic acids is 1. The molecule has 0 saturated carbocycles. The highest BCUT2D eigenvalue weighted by Gasteiger charge is 2.14. The Hall–Kier alpha value is -3.56. The Labute approximate surface area is 206 Å². The summed E-state index contributed by atoms with van der Waals surface area (Å²) in [5.41, 5.74) is 1.88. The van der Waals surface area contributed by atoms with Gasteiger partial charge in [-0.3, -0.25) is 4.79 Å². The molecule has 0 radical (unpaired) electrons. The summed E-state index contributed by atoms with van der Waals surface area (Å²) in [5.74, 6) is 1.49. The standard InChI is InChI=1S/C26H30N2O6S/c1-3-33-22-10-12-23(13-11-22)35(30,31)28-16-15-26(29)27-18-21-9-14-24(25(17-21)32-2)34-19-20-7-5-4-6-8-20/h4-14,17,28H,3,15-16,18-19H2,1-2H3,(H,27,29). The van der Waals surface area contributed by atoms with Crippen molar-refractivity contribution in [3.05, 3.63) is 83.9 Å². The topological polar surface area (TPSA) is 103 Å². The van der Waals surface area contributed by atoms with Gasteiger partial charge >= 0.3 is 0 Å². The van der Waals surface area contributed by atoms with Crippen LogP contribution in [0.1, 0.15) is 24.5 Å². The van der Waals surface area contributed by atoms with Crippen LogP contribution in [0.2, 0.25) is 0 Å². The van der Waals surface area contributed by atoms with Crippen LogP contribution in [0.5, 0.6) is 17.2 Å². The molecule has 0 aliphatic carbocycles. The van der Waals surface area contributed by atoms with Gasteiger partial charge in [-0.2, -0.15) is 0 Å². The van der Waals surface area contributed by atoms with Crippen molar-refractivity contribution >= 4 is 15.9 Å². The molecule has 2 N–H and O–H groups in total. The van der Waals surface area contributed by atoms with E-state index in [0.717, 1.165) is 11.1 Å². The van der Waals surface area contributed by atoms with E-state index in [1.54, 1.807) is 31.4 Å². The number of ether oxygens (including phenoxy) is 3. The second-order valence-corrected chi connectivity index (χ2v) is 9.36. The van der Waals surface area contributed by atoms with Crippen molar-refractivity contribution in [1.29, 1.82) is 0 Å². The molecule has 3 aromatic carbocycles. The highest BCUT2D eigenvalue weighted by atomic mass is 32.2. The van der Waals surface area contributed by atoms with E-state index in [0.29, 0.717) is 30.5 Å². The SMILES string of the molecule is CCOc1ccc(S(=O)(=O)NCCC(=O)NCc2ccc(OCc3ccccc3)c(OC)c2)cc1. The first kappa shape index (κ1) is 26.1. The summed E-state index contributed by atoms with van der Waals surface area (Å²) in [4.78, 5) is 12.3. The first-order valence-corrected chi connectivity index (χ1v) is 12.7. The molecule has 0 aliphatic rings. The van der Waals surface area contributed by atoms with Crippen molar-refractivity contribution < 1.29 is 27.4 Å². The Morgan fingerprint density at radius 1 is 0.886 bits per heavy atom. The average Bonchev–Trinajstić information content (AvgIpc) is 2.87. The van der Waals surface area contributed by atoms with Gasteiger partial charge in [-0.1, -0.05) is 36.4 Å². The first-order chi connectivity index (χ1) is 16.9. The minimum atomic E-state index is -3.71. The van der Waals surface area contributed by atoms with Crippen molar-refractivity contribution in [1.82, 2.24) is 10.0 Å². The molecule has 9 heteroatoms. The fourth-order valence-electron chi connectivity index (χ4n) is 3.23. The first-order valence-electron chi connectivity index (χ1n) is 11.2. The van der Waals surface area contributed by atoms with Crippen LogP contribution in [0.4, 0.5) is 0 Å². The number of methoxy groups -OCH3 is 1. The van der Waals surface area contributed by atoms with Gasteiger partial charge < -0.3 is 19.5 Å². The number of carbonyl (C=O) groups is 1. The quantitative estimate of drug-likeness (QED) is 0.373. The number of hydrogen-bond donors (Lipinski definition) is 2. The maximum atomic E-state index is 12.4. The van der Waals surface area contributed by atoms with Crippen molar-refractivity contribution in [2.75, 3.05) is 20.3 Å². The molecule has 8 nitrogen and oxygen atoms in total. The molecule has 0 fully saturated rings. The maximum absolute atomic E-state index is 12.4. The number of amides is 1. The predicted octanol–water partition coefficient (Wildman–Crippen LogP) is 3.66. The second-order valence-electron chi connectivity index (χ2n) is 7.59. The van der Waals surface area contributed by atoms with Crippen LogP contribution in [-0.4, -0.2) is 34.6 Å². The van der Waals surface area contributed by atoms with Gasteiger partial charge in [0.25, 0.3) is 0 Å². The number of sulfonamides is 1. The van der Waals surface area contributed by atoms with Gasteiger partial charge in [0.1, 0.15) is 12.4 Å². The Balaban J connectivity index is 1.45. The van der Waals surface area contributed by atoms with Crippen LogP contribution in [0, 0.1) is 0 Å². The van der Waals surface area contributed by atoms with E-state index in [1.165, 1.54) is 12.1 Å². The van der Waals surface area contributed by atoms with Gasteiger partial charge in [0.2, 0.25) is 15.9 Å². The van der Waals surface area contributed by atoms with Gasteiger partial charge in [0, 0.05) is 19.5 Å². The summed E-state index contributed by atoms with van der Waals surface area (Å²) >= 11 is 0. The van der Waals surface area contributed by atoms with E-state index in [1.807, 2.05) is 43.3 Å². The number of nitrogens with one attached hydrogen (secondary N) is 2. The average molecular weight is 499 g/mol. The monoisotopic (exact) mass is 498 g/mol. The second kappa shape index (κ2) is 12.8. The lowest BCUT2D eigenvalue weighted by molar-refractivity contribution is -0.121. The van der Waals surface area contributed by atoms with Crippen LogP contribution in [0.15, 0.2) is 77.7 Å². The molecule has 0 atom stereocenters. The molecular formula is C26H30N2O6S. The Morgan fingerprint density at radius 2 is 1.63 bits per heavy atom. The third-order valence-electron chi connectivity index (χ3n) is 5.04. The number of rotatable bonds is 13. The van der Waals surface area contributed by atoms with Crippen molar-refractivity contribution in [3.8, 4) is 17.2 Å². The van der Waals surface area contributed by atoms with Gasteiger partial charge in [0.15, 0.2) is 11.5 Å². The molecule has 3 aromatic rings. The number of hydrogen-bond acceptors (Lipinski definition) is 6. The van der Waals surface area contributed by atoms with E-state index < -0.39 is 10.0 Å². The zero-order valence-corrected chi connectivity index (χ0v) is 20.6. The lowest BCUT2D eigenvalue weighted by atomic mass is 10.2. The summed E-state index contributed by atoms with van der Waals surface area (Å²) in [5, 5.41) is 2.79. The molecule has 35 heavy (non-hydrogen) atoms. The molecule has 1 amide bonds. The number of benzene rings is 3. The van der Waals surface area contributed by atoms with E-state index in [4.69, 9.17) is 14.2 Å². The predicted molar refractivity (Wildman–Crippen MR) is 133 cm³/mol. The molecule has 0 unspecified atom stereocenters. The molecule has 0 heterocycles. The van der Waals surface area contributed by atoms with E-state index in [9.17, 15) is 13.2 Å².